The molecular weight excluding hydrogens is 314 g/mol. The maximum absolute atomic E-state index is 4.88. The summed E-state index contributed by atoms with van der Waals surface area (Å²) < 4.78 is 0. The zero-order valence-electron chi connectivity index (χ0n) is 4.49. The van der Waals surface area contributed by atoms with Crippen LogP contribution in [-0.4, -0.2) is 0 Å². The molecule has 50 valence electrons. The molecule has 0 fully saturated rings. The molecule has 0 bridgehead atoms. The van der Waals surface area contributed by atoms with Gasteiger partial charge >= 0.3 is 35.3 Å². The van der Waals surface area contributed by atoms with Crippen LogP contribution in [0.5, 0.6) is 0 Å². The van der Waals surface area contributed by atoms with E-state index >= 15 is 0 Å². The van der Waals surface area contributed by atoms with E-state index in [1.807, 2.05) is 0 Å². The quantitative estimate of drug-likeness (QED) is 0.601. The molecule has 0 aromatic rings. The Kier molecular flexibility index (Phi) is 125. The Balaban J connectivity index is -0.0000000360. The standard InChI is InChI=1S/2C2H5.2ClH.Pt/c2*1-2;;;/h2*1H2,2H3;2*1H;/q2*-1;;;+4/p-2. The fourth-order valence-corrected chi connectivity index (χ4v) is 0. The predicted molar refractivity (Wildman–Crippen MR) is 33.8 cm³/mol. The van der Waals surface area contributed by atoms with Crippen LogP contribution in [0.3, 0.4) is 0 Å². The zero-order valence-corrected chi connectivity index (χ0v) is 8.27. The second-order valence-corrected chi connectivity index (χ2v) is 3.33. The molecule has 0 nitrogen and oxygen atoms in total. The number of hydrogen-bond acceptors (Lipinski definition) is 0. The summed E-state index contributed by atoms with van der Waals surface area (Å²) in [5.41, 5.74) is 0. The SMILES string of the molecule is [CH2-]C.[CH2-]C.[Cl][Pt+2][Cl]. The Bertz CT molecular complexity index is 9.65. The van der Waals surface area contributed by atoms with Crippen LogP contribution in [0.2, 0.25) is 0 Å². The Morgan fingerprint density at radius 3 is 1.00 bits per heavy atom. The average molecular weight is 324 g/mol. The van der Waals surface area contributed by atoms with Gasteiger partial charge in [0.15, 0.2) is 0 Å². The third-order valence-electron chi connectivity index (χ3n) is 0. The summed E-state index contributed by atoms with van der Waals surface area (Å²) in [6, 6.07) is 0. The van der Waals surface area contributed by atoms with Gasteiger partial charge in [0.1, 0.15) is 0 Å². The van der Waals surface area contributed by atoms with Crippen LogP contribution in [0.25, 0.3) is 0 Å². The molecule has 7 heavy (non-hydrogen) atoms. The van der Waals surface area contributed by atoms with Gasteiger partial charge in [0.25, 0.3) is 0 Å². The summed E-state index contributed by atoms with van der Waals surface area (Å²) in [5, 5.41) is 0. The predicted octanol–water partition coefficient (Wildman–Crippen LogP) is 3.06. The molecule has 0 spiro atoms. The topological polar surface area (TPSA) is 0 Å². The van der Waals surface area contributed by atoms with Gasteiger partial charge in [0, 0.05) is 0 Å². The first kappa shape index (κ1) is 15.7. The molecule has 0 saturated heterocycles. The third kappa shape index (κ3) is 125. The van der Waals surface area contributed by atoms with Crippen LogP contribution in [0, 0.1) is 13.8 Å². The Morgan fingerprint density at radius 1 is 1.00 bits per heavy atom. The second-order valence-electron chi connectivity index (χ2n) is 0.0452. The number of rotatable bonds is 0. The van der Waals surface area contributed by atoms with E-state index in [1.165, 1.54) is 0 Å². The molecule has 0 aromatic carbocycles. The van der Waals surface area contributed by atoms with Crippen molar-refractivity contribution in [2.75, 3.05) is 0 Å². The van der Waals surface area contributed by atoms with Crippen molar-refractivity contribution in [1.82, 2.24) is 0 Å². The van der Waals surface area contributed by atoms with Gasteiger partial charge < -0.3 is 13.8 Å². The van der Waals surface area contributed by atoms with E-state index in [4.69, 9.17) is 18.8 Å². The first-order chi connectivity index (χ1) is 3.41. The van der Waals surface area contributed by atoms with Crippen molar-refractivity contribution >= 4 is 18.8 Å². The van der Waals surface area contributed by atoms with Gasteiger partial charge in [-0.1, -0.05) is 0 Å². The monoisotopic (exact) mass is 323 g/mol. The van der Waals surface area contributed by atoms with Crippen molar-refractivity contribution in [3.8, 4) is 0 Å². The van der Waals surface area contributed by atoms with Crippen LogP contribution in [0.4, 0.5) is 0 Å². The van der Waals surface area contributed by atoms with Crippen LogP contribution < -0.4 is 0 Å². The minimum absolute atomic E-state index is 0.472. The van der Waals surface area contributed by atoms with Gasteiger partial charge in [-0.3, -0.25) is 0 Å². The molecule has 0 aromatic heterocycles. The van der Waals surface area contributed by atoms with E-state index in [2.05, 4.69) is 13.8 Å². The van der Waals surface area contributed by atoms with E-state index in [-0.39, 0.29) is 0 Å². The number of hydrogen-bond donors (Lipinski definition) is 0. The van der Waals surface area contributed by atoms with Gasteiger partial charge in [-0.2, -0.15) is 13.8 Å². The molecule has 0 rings (SSSR count). The Morgan fingerprint density at radius 2 is 1.00 bits per heavy atom. The Labute approximate surface area is 63.0 Å². The summed E-state index contributed by atoms with van der Waals surface area (Å²) in [4.78, 5) is 0. The fourth-order valence-electron chi connectivity index (χ4n) is 0. The molecule has 0 aliphatic heterocycles. The van der Waals surface area contributed by atoms with E-state index in [0.29, 0.717) is 0 Å². The summed E-state index contributed by atoms with van der Waals surface area (Å²) in [6.07, 6.45) is 0. The number of halogens is 2. The first-order valence-electron chi connectivity index (χ1n) is 1.65. The second kappa shape index (κ2) is 55.5. The minimum atomic E-state index is -0.472. The average Bonchev–Trinajstić information content (AvgIpc) is 1.78. The molecule has 0 aliphatic carbocycles. The maximum atomic E-state index is 4.88. The molecule has 0 radical (unpaired) electrons. The van der Waals surface area contributed by atoms with Crippen LogP contribution in [0.15, 0.2) is 0 Å². The zero-order chi connectivity index (χ0) is 6.71. The van der Waals surface area contributed by atoms with Crippen LogP contribution in [-0.2, 0) is 16.5 Å². The summed E-state index contributed by atoms with van der Waals surface area (Å²) in [6.45, 7) is 10.0. The summed E-state index contributed by atoms with van der Waals surface area (Å²) in [5.74, 6) is 0. The van der Waals surface area contributed by atoms with Gasteiger partial charge in [-0.25, -0.2) is 0 Å². The molecule has 0 saturated carbocycles. The third-order valence-corrected chi connectivity index (χ3v) is 0. The Hall–Kier alpha value is 1.27. The van der Waals surface area contributed by atoms with Crippen LogP contribution in [0.1, 0.15) is 13.8 Å². The molecular formula is C4H10Cl2Pt. The van der Waals surface area contributed by atoms with Crippen molar-refractivity contribution < 1.29 is 16.5 Å². The molecule has 0 aliphatic rings. The molecule has 0 amide bonds. The van der Waals surface area contributed by atoms with Gasteiger partial charge in [0.05, 0.1) is 0 Å². The van der Waals surface area contributed by atoms with Crippen LogP contribution >= 0.6 is 18.8 Å². The normalized spacial score (nSPS) is 4.86. The van der Waals surface area contributed by atoms with E-state index < -0.39 is 16.5 Å². The first-order valence-corrected chi connectivity index (χ1v) is 7.28. The summed E-state index contributed by atoms with van der Waals surface area (Å²) in [7, 11) is 9.75. The van der Waals surface area contributed by atoms with Crippen molar-refractivity contribution in [3.63, 3.8) is 0 Å². The molecule has 0 heterocycles. The molecule has 0 unspecified atom stereocenters. The van der Waals surface area contributed by atoms with E-state index in [0.717, 1.165) is 0 Å². The van der Waals surface area contributed by atoms with Crippen molar-refractivity contribution in [2.45, 2.75) is 13.8 Å². The molecule has 0 N–H and O–H groups in total. The van der Waals surface area contributed by atoms with Crippen molar-refractivity contribution in [1.29, 1.82) is 0 Å². The van der Waals surface area contributed by atoms with Gasteiger partial charge in [-0.15, -0.1) is 0 Å². The van der Waals surface area contributed by atoms with Gasteiger partial charge in [0.2, 0.25) is 0 Å². The van der Waals surface area contributed by atoms with E-state index in [9.17, 15) is 0 Å². The van der Waals surface area contributed by atoms with E-state index in [1.54, 1.807) is 13.8 Å². The fraction of sp³-hybridized carbons (Fsp3) is 0.500. The van der Waals surface area contributed by atoms with Gasteiger partial charge in [-0.05, 0) is 0 Å². The van der Waals surface area contributed by atoms with Crippen molar-refractivity contribution in [2.24, 2.45) is 0 Å². The molecule has 0 atom stereocenters. The molecule has 3 heteroatoms. The summed E-state index contributed by atoms with van der Waals surface area (Å²) >= 11 is -0.472. The van der Waals surface area contributed by atoms with Crippen molar-refractivity contribution in [3.05, 3.63) is 13.8 Å².